The lowest BCUT2D eigenvalue weighted by molar-refractivity contribution is -0.159. The minimum absolute atomic E-state index is 0.0726. The Kier molecular flexibility index (Phi) is 8.86. The summed E-state index contributed by atoms with van der Waals surface area (Å²) in [5, 5.41) is 10.5. The van der Waals surface area contributed by atoms with Crippen LogP contribution in [-0.4, -0.2) is 86.6 Å². The first-order valence-electron chi connectivity index (χ1n) is 14.9. The molecule has 3 unspecified atom stereocenters. The van der Waals surface area contributed by atoms with Gasteiger partial charge in [0.25, 0.3) is 0 Å². The number of carbonyl (C=O) groups excluding carboxylic acids is 3. The molecule has 4 rings (SSSR count). The van der Waals surface area contributed by atoms with Gasteiger partial charge < -0.3 is 24.5 Å². The number of nitrogens with zero attached hydrogens (tertiary/aromatic N) is 3. The van der Waals surface area contributed by atoms with E-state index in [0.717, 1.165) is 5.56 Å². The molecule has 1 spiro atoms. The minimum atomic E-state index is -1.17. The fraction of sp³-hybridized carbons (Fsp3) is 0.606. The Labute approximate surface area is 245 Å². The molecule has 3 heterocycles. The monoisotopic (exact) mass is 565 g/mol. The van der Waals surface area contributed by atoms with Crippen molar-refractivity contribution < 1.29 is 24.2 Å². The molecule has 3 aliphatic heterocycles. The van der Waals surface area contributed by atoms with Crippen molar-refractivity contribution in [2.24, 2.45) is 23.7 Å². The summed E-state index contributed by atoms with van der Waals surface area (Å²) in [6.45, 7) is 20.2. The van der Waals surface area contributed by atoms with Crippen LogP contribution in [0.3, 0.4) is 0 Å². The molecule has 2 bridgehead atoms. The predicted molar refractivity (Wildman–Crippen MR) is 158 cm³/mol. The van der Waals surface area contributed by atoms with Gasteiger partial charge >= 0.3 is 0 Å². The molecule has 0 aromatic heterocycles. The van der Waals surface area contributed by atoms with Crippen LogP contribution in [0.2, 0.25) is 0 Å². The summed E-state index contributed by atoms with van der Waals surface area (Å²) < 4.78 is 6.92. The van der Waals surface area contributed by atoms with Crippen LogP contribution in [0, 0.1) is 23.7 Å². The third-order valence-corrected chi connectivity index (χ3v) is 9.68. The number of benzene rings is 1. The number of rotatable bonds is 12. The van der Waals surface area contributed by atoms with E-state index in [9.17, 15) is 19.5 Å². The largest absolute Gasteiger partial charge is 0.394 e. The quantitative estimate of drug-likeness (QED) is 0.391. The number of aliphatic hydroxyl groups is 1. The maximum Gasteiger partial charge on any atom is 0.248 e. The highest BCUT2D eigenvalue weighted by Gasteiger charge is 2.80. The Hall–Kier alpha value is -2.97. The molecule has 1 aromatic carbocycles. The maximum absolute atomic E-state index is 14.6. The van der Waals surface area contributed by atoms with E-state index >= 15 is 0 Å². The third kappa shape index (κ3) is 4.93. The van der Waals surface area contributed by atoms with Crippen molar-refractivity contribution in [3.63, 3.8) is 0 Å². The molecule has 7 atom stereocenters. The first-order valence-corrected chi connectivity index (χ1v) is 14.9. The molecule has 3 saturated heterocycles. The summed E-state index contributed by atoms with van der Waals surface area (Å²) in [4.78, 5) is 48.6. The number of hydrogen-bond donors (Lipinski definition) is 1. The van der Waals surface area contributed by atoms with E-state index in [1.165, 1.54) is 0 Å². The summed E-state index contributed by atoms with van der Waals surface area (Å²) >= 11 is 0. The van der Waals surface area contributed by atoms with Crippen LogP contribution < -0.4 is 0 Å². The minimum Gasteiger partial charge on any atom is -0.394 e. The van der Waals surface area contributed by atoms with Gasteiger partial charge in [-0.3, -0.25) is 14.4 Å². The second-order valence-corrected chi connectivity index (χ2v) is 12.8. The number of aliphatic hydroxyl groups excluding tert-OH is 1. The third-order valence-electron chi connectivity index (χ3n) is 9.68. The maximum atomic E-state index is 14.6. The van der Waals surface area contributed by atoms with Crippen molar-refractivity contribution in [3.8, 4) is 0 Å². The van der Waals surface area contributed by atoms with E-state index in [1.54, 1.807) is 26.9 Å². The topological polar surface area (TPSA) is 90.4 Å². The summed E-state index contributed by atoms with van der Waals surface area (Å²) in [7, 11) is 0. The Bertz CT molecular complexity index is 1170. The lowest BCUT2D eigenvalue weighted by atomic mass is 9.62. The highest BCUT2D eigenvalue weighted by atomic mass is 16.5. The normalized spacial score (nSPS) is 31.0. The average molecular weight is 566 g/mol. The van der Waals surface area contributed by atoms with Crippen molar-refractivity contribution in [2.45, 2.75) is 83.8 Å². The molecule has 224 valence electrons. The smallest absolute Gasteiger partial charge is 0.248 e. The molecule has 8 heteroatoms. The molecule has 1 aromatic rings. The average Bonchev–Trinajstić information content (AvgIpc) is 3.44. The van der Waals surface area contributed by atoms with Gasteiger partial charge in [0.05, 0.1) is 30.1 Å². The zero-order valence-electron chi connectivity index (χ0n) is 25.5. The lowest BCUT2D eigenvalue weighted by Gasteiger charge is -2.41. The first-order chi connectivity index (χ1) is 19.4. The SMILES string of the molecule is C=CCN(Cc1ccccc1)C(=O)[C@@H]1[C@H]2C(=O)N([C@@H](CO)C(C)C)C(C(=O)N(CC=C)C(C)C)C23CC(C)[C@@]1(C)O3. The van der Waals surface area contributed by atoms with E-state index in [2.05, 4.69) is 13.2 Å². The number of amides is 3. The van der Waals surface area contributed by atoms with Crippen molar-refractivity contribution in [3.05, 3.63) is 61.2 Å². The Morgan fingerprint density at radius 1 is 1.12 bits per heavy atom. The van der Waals surface area contributed by atoms with Crippen LogP contribution in [0.1, 0.15) is 53.5 Å². The fourth-order valence-corrected chi connectivity index (χ4v) is 7.55. The van der Waals surface area contributed by atoms with E-state index in [0.29, 0.717) is 26.1 Å². The lowest BCUT2D eigenvalue weighted by Crippen LogP contribution is -2.60. The van der Waals surface area contributed by atoms with Gasteiger partial charge in [-0.15, -0.1) is 13.2 Å². The standard InChI is InChI=1S/C33H47N3O5/c1-9-16-34(19-24-14-12-11-13-15-24)29(38)26-27-30(39)36(25(20-37)21(3)4)28(31(40)35(17-10-2)22(5)6)33(27)18-23(7)32(26,8)41-33/h9-15,21-23,25-28,37H,1-2,16-20H2,3-8H3/t23?,25-,26-,27-,28?,32+,33?/m0/s1. The van der Waals surface area contributed by atoms with Crippen LogP contribution in [0.25, 0.3) is 0 Å². The summed E-state index contributed by atoms with van der Waals surface area (Å²) in [5.74, 6) is -2.49. The molecule has 3 fully saturated rings. The molecular formula is C33H47N3O5. The molecule has 3 aliphatic rings. The van der Waals surface area contributed by atoms with Gasteiger partial charge in [-0.2, -0.15) is 0 Å². The predicted octanol–water partition coefficient (Wildman–Crippen LogP) is 3.65. The van der Waals surface area contributed by atoms with Crippen LogP contribution in [0.4, 0.5) is 0 Å². The van der Waals surface area contributed by atoms with Gasteiger partial charge in [0, 0.05) is 25.7 Å². The van der Waals surface area contributed by atoms with Crippen LogP contribution in [-0.2, 0) is 25.7 Å². The molecule has 41 heavy (non-hydrogen) atoms. The fourth-order valence-electron chi connectivity index (χ4n) is 7.55. The Morgan fingerprint density at radius 3 is 2.29 bits per heavy atom. The molecule has 1 N–H and O–H groups in total. The molecule has 0 saturated carbocycles. The number of fused-ring (bicyclic) bond motifs is 1. The molecule has 3 amide bonds. The highest BCUT2D eigenvalue weighted by Crippen LogP contribution is 2.66. The second kappa shape index (κ2) is 11.7. The number of likely N-dealkylation sites (tertiary alicyclic amines) is 1. The van der Waals surface area contributed by atoms with E-state index < -0.39 is 35.1 Å². The van der Waals surface area contributed by atoms with Crippen LogP contribution in [0.5, 0.6) is 0 Å². The van der Waals surface area contributed by atoms with Crippen LogP contribution >= 0.6 is 0 Å². The first kappa shape index (κ1) is 31.0. The zero-order chi connectivity index (χ0) is 30.3. The molecular weight excluding hydrogens is 518 g/mol. The van der Waals surface area contributed by atoms with Gasteiger partial charge in [0.15, 0.2) is 0 Å². The van der Waals surface area contributed by atoms with E-state index in [1.807, 2.05) is 71.9 Å². The van der Waals surface area contributed by atoms with Gasteiger partial charge in [-0.25, -0.2) is 0 Å². The number of hydrogen-bond acceptors (Lipinski definition) is 5. The molecule has 0 radical (unpaired) electrons. The van der Waals surface area contributed by atoms with Gasteiger partial charge in [-0.05, 0) is 44.6 Å². The highest BCUT2D eigenvalue weighted by molar-refractivity contribution is 5.99. The van der Waals surface area contributed by atoms with Crippen molar-refractivity contribution in [1.29, 1.82) is 0 Å². The number of carbonyl (C=O) groups is 3. The number of ether oxygens (including phenoxy) is 1. The molecule has 0 aliphatic carbocycles. The Balaban J connectivity index is 1.85. The van der Waals surface area contributed by atoms with Crippen molar-refractivity contribution in [2.75, 3.05) is 19.7 Å². The summed E-state index contributed by atoms with van der Waals surface area (Å²) in [5.41, 5.74) is -1.12. The van der Waals surface area contributed by atoms with Crippen molar-refractivity contribution >= 4 is 17.7 Å². The van der Waals surface area contributed by atoms with Gasteiger partial charge in [-0.1, -0.05) is 63.3 Å². The van der Waals surface area contributed by atoms with E-state index in [-0.39, 0.29) is 42.2 Å². The summed E-state index contributed by atoms with van der Waals surface area (Å²) in [6, 6.07) is 8.06. The Morgan fingerprint density at radius 2 is 1.76 bits per heavy atom. The summed E-state index contributed by atoms with van der Waals surface area (Å²) in [6.07, 6.45) is 3.86. The van der Waals surface area contributed by atoms with Crippen molar-refractivity contribution in [1.82, 2.24) is 14.7 Å². The van der Waals surface area contributed by atoms with Gasteiger partial charge in [0.2, 0.25) is 17.7 Å². The second-order valence-electron chi connectivity index (χ2n) is 12.8. The molecule has 8 nitrogen and oxygen atoms in total. The van der Waals surface area contributed by atoms with Gasteiger partial charge in [0.1, 0.15) is 11.6 Å². The van der Waals surface area contributed by atoms with Crippen LogP contribution in [0.15, 0.2) is 55.6 Å². The van der Waals surface area contributed by atoms with E-state index in [4.69, 9.17) is 4.74 Å². The zero-order valence-corrected chi connectivity index (χ0v) is 25.5.